The molecule has 1 unspecified atom stereocenters. The third kappa shape index (κ3) is 1.81. The molecule has 1 aromatic carbocycles. The van der Waals surface area contributed by atoms with Gasteiger partial charge in [-0.3, -0.25) is 14.5 Å². The normalized spacial score (nSPS) is 22.3. The van der Waals surface area contributed by atoms with Crippen molar-refractivity contribution in [2.45, 2.75) is 18.9 Å². The first kappa shape index (κ1) is 11.9. The second-order valence-electron chi connectivity index (χ2n) is 4.85. The SMILES string of the molecule is N#Cc1ccc2c(c1)C(=O)N(C1CCCNC1)C2=O. The molecular weight excluding hydrogens is 242 g/mol. The minimum absolute atomic E-state index is 0.0771. The Morgan fingerprint density at radius 1 is 1.26 bits per heavy atom. The molecule has 0 spiro atoms. The lowest BCUT2D eigenvalue weighted by atomic mass is 10.1. The molecule has 2 amide bonds. The molecule has 0 saturated carbocycles. The van der Waals surface area contributed by atoms with Crippen molar-refractivity contribution in [1.82, 2.24) is 10.2 Å². The van der Waals surface area contributed by atoms with Crippen molar-refractivity contribution < 1.29 is 9.59 Å². The molecule has 0 bridgehead atoms. The van der Waals surface area contributed by atoms with Crippen molar-refractivity contribution in [3.63, 3.8) is 0 Å². The Hall–Kier alpha value is -2.19. The molecule has 0 radical (unpaired) electrons. The first-order valence-electron chi connectivity index (χ1n) is 6.35. The van der Waals surface area contributed by atoms with E-state index in [-0.39, 0.29) is 17.9 Å². The van der Waals surface area contributed by atoms with Crippen molar-refractivity contribution in [1.29, 1.82) is 5.26 Å². The van der Waals surface area contributed by atoms with Gasteiger partial charge in [0.25, 0.3) is 11.8 Å². The number of fused-ring (bicyclic) bond motifs is 1. The molecule has 5 nitrogen and oxygen atoms in total. The summed E-state index contributed by atoms with van der Waals surface area (Å²) in [7, 11) is 0. The second-order valence-corrected chi connectivity index (χ2v) is 4.85. The number of hydrogen-bond acceptors (Lipinski definition) is 4. The van der Waals surface area contributed by atoms with Gasteiger partial charge in [-0.25, -0.2) is 0 Å². The first-order valence-corrected chi connectivity index (χ1v) is 6.35. The summed E-state index contributed by atoms with van der Waals surface area (Å²) < 4.78 is 0. The minimum atomic E-state index is -0.272. The highest BCUT2D eigenvalue weighted by molar-refractivity contribution is 6.21. The highest BCUT2D eigenvalue weighted by Crippen LogP contribution is 2.27. The molecule has 3 rings (SSSR count). The Morgan fingerprint density at radius 2 is 2.05 bits per heavy atom. The van der Waals surface area contributed by atoms with Gasteiger partial charge in [0, 0.05) is 6.54 Å². The van der Waals surface area contributed by atoms with Crippen LogP contribution in [0, 0.1) is 11.3 Å². The van der Waals surface area contributed by atoms with E-state index in [1.807, 2.05) is 6.07 Å². The van der Waals surface area contributed by atoms with E-state index >= 15 is 0 Å². The van der Waals surface area contributed by atoms with E-state index in [1.54, 1.807) is 12.1 Å². The quantitative estimate of drug-likeness (QED) is 0.757. The third-order valence-corrected chi connectivity index (χ3v) is 3.68. The minimum Gasteiger partial charge on any atom is -0.315 e. The van der Waals surface area contributed by atoms with E-state index < -0.39 is 0 Å². The van der Waals surface area contributed by atoms with Gasteiger partial charge in [-0.05, 0) is 37.6 Å². The van der Waals surface area contributed by atoms with Gasteiger partial charge in [0.15, 0.2) is 0 Å². The zero-order valence-electron chi connectivity index (χ0n) is 10.3. The maximum Gasteiger partial charge on any atom is 0.261 e. The summed E-state index contributed by atoms with van der Waals surface area (Å²) in [5, 5.41) is 12.1. The molecule has 0 aromatic heterocycles. The van der Waals surface area contributed by atoms with Crippen molar-refractivity contribution in [3.05, 3.63) is 34.9 Å². The highest BCUT2D eigenvalue weighted by atomic mass is 16.2. The van der Waals surface area contributed by atoms with E-state index in [1.165, 1.54) is 11.0 Å². The van der Waals surface area contributed by atoms with Crippen LogP contribution >= 0.6 is 0 Å². The average Bonchev–Trinajstić information content (AvgIpc) is 2.71. The van der Waals surface area contributed by atoms with Crippen LogP contribution in [0.1, 0.15) is 39.1 Å². The Morgan fingerprint density at radius 3 is 2.74 bits per heavy atom. The number of hydrogen-bond donors (Lipinski definition) is 1. The number of nitriles is 1. The van der Waals surface area contributed by atoms with Gasteiger partial charge < -0.3 is 5.32 Å². The van der Waals surface area contributed by atoms with Crippen molar-refractivity contribution in [2.24, 2.45) is 0 Å². The monoisotopic (exact) mass is 255 g/mol. The maximum atomic E-state index is 12.3. The zero-order chi connectivity index (χ0) is 13.4. The van der Waals surface area contributed by atoms with Crippen molar-refractivity contribution in [2.75, 3.05) is 13.1 Å². The van der Waals surface area contributed by atoms with Crippen LogP contribution in [0.4, 0.5) is 0 Å². The predicted molar refractivity (Wildman–Crippen MR) is 67.5 cm³/mol. The van der Waals surface area contributed by atoms with E-state index in [0.29, 0.717) is 23.2 Å². The Kier molecular flexibility index (Phi) is 2.80. The molecule has 19 heavy (non-hydrogen) atoms. The van der Waals surface area contributed by atoms with Crippen LogP contribution in [0.15, 0.2) is 18.2 Å². The molecule has 5 heteroatoms. The van der Waals surface area contributed by atoms with Crippen LogP contribution in [-0.2, 0) is 0 Å². The maximum absolute atomic E-state index is 12.3. The standard InChI is InChI=1S/C14H13N3O2/c15-7-9-3-4-11-12(6-9)14(19)17(13(11)18)10-2-1-5-16-8-10/h3-4,6,10,16H,1-2,5,8H2. The predicted octanol–water partition coefficient (Wildman–Crippen LogP) is 0.906. The largest absolute Gasteiger partial charge is 0.315 e. The summed E-state index contributed by atoms with van der Waals surface area (Å²) in [5.74, 6) is -0.510. The fraction of sp³-hybridized carbons (Fsp3) is 0.357. The van der Waals surface area contributed by atoms with E-state index in [0.717, 1.165) is 19.4 Å². The lowest BCUT2D eigenvalue weighted by molar-refractivity contribution is 0.0561. The van der Waals surface area contributed by atoms with E-state index in [2.05, 4.69) is 5.32 Å². The summed E-state index contributed by atoms with van der Waals surface area (Å²) in [6, 6.07) is 6.57. The molecule has 0 aliphatic carbocycles. The van der Waals surface area contributed by atoms with Crippen LogP contribution in [-0.4, -0.2) is 35.8 Å². The second kappa shape index (κ2) is 4.48. The molecule has 1 aromatic rings. The number of carbonyl (C=O) groups is 2. The van der Waals surface area contributed by atoms with Crippen molar-refractivity contribution in [3.8, 4) is 6.07 Å². The molecule has 96 valence electrons. The number of rotatable bonds is 1. The molecule has 2 aliphatic rings. The van der Waals surface area contributed by atoms with Gasteiger partial charge in [-0.2, -0.15) is 5.26 Å². The fourth-order valence-corrected chi connectivity index (χ4v) is 2.71. The van der Waals surface area contributed by atoms with Gasteiger partial charge >= 0.3 is 0 Å². The van der Waals surface area contributed by atoms with Crippen LogP contribution in [0.5, 0.6) is 0 Å². The van der Waals surface area contributed by atoms with Crippen LogP contribution in [0.3, 0.4) is 0 Å². The smallest absolute Gasteiger partial charge is 0.261 e. The van der Waals surface area contributed by atoms with E-state index in [4.69, 9.17) is 5.26 Å². The van der Waals surface area contributed by atoms with Crippen LogP contribution in [0.2, 0.25) is 0 Å². The number of piperidine rings is 1. The molecule has 1 atom stereocenters. The lowest BCUT2D eigenvalue weighted by Gasteiger charge is -2.29. The average molecular weight is 255 g/mol. The van der Waals surface area contributed by atoms with Crippen molar-refractivity contribution >= 4 is 11.8 Å². The molecule has 2 heterocycles. The van der Waals surface area contributed by atoms with Gasteiger partial charge in [0.1, 0.15) is 0 Å². The number of amides is 2. The Bertz CT molecular complexity index is 597. The molecule has 2 aliphatic heterocycles. The summed E-state index contributed by atoms with van der Waals surface area (Å²) in [4.78, 5) is 26.0. The molecular formula is C14H13N3O2. The summed E-state index contributed by atoms with van der Waals surface area (Å²) in [5.41, 5.74) is 1.17. The topological polar surface area (TPSA) is 73.2 Å². The molecule has 1 N–H and O–H groups in total. The van der Waals surface area contributed by atoms with Crippen LogP contribution < -0.4 is 5.32 Å². The third-order valence-electron chi connectivity index (χ3n) is 3.68. The van der Waals surface area contributed by atoms with Gasteiger partial charge in [-0.15, -0.1) is 0 Å². The highest BCUT2D eigenvalue weighted by Gasteiger charge is 2.40. The molecule has 1 saturated heterocycles. The van der Waals surface area contributed by atoms with Crippen LogP contribution in [0.25, 0.3) is 0 Å². The first-order chi connectivity index (χ1) is 9.22. The van der Waals surface area contributed by atoms with E-state index in [9.17, 15) is 9.59 Å². The summed E-state index contributed by atoms with van der Waals surface area (Å²) in [6.07, 6.45) is 1.80. The number of nitrogens with zero attached hydrogens (tertiary/aromatic N) is 2. The summed E-state index contributed by atoms with van der Waals surface area (Å²) in [6.45, 7) is 1.58. The van der Waals surface area contributed by atoms with Gasteiger partial charge in [-0.1, -0.05) is 0 Å². The van der Waals surface area contributed by atoms with Gasteiger partial charge in [0.2, 0.25) is 0 Å². The summed E-state index contributed by atoms with van der Waals surface area (Å²) >= 11 is 0. The zero-order valence-corrected chi connectivity index (χ0v) is 10.3. The number of nitrogens with one attached hydrogen (secondary N) is 1. The number of benzene rings is 1. The Balaban J connectivity index is 1.97. The Labute approximate surface area is 110 Å². The fourth-order valence-electron chi connectivity index (χ4n) is 2.71. The lowest BCUT2D eigenvalue weighted by Crippen LogP contribution is -2.48. The van der Waals surface area contributed by atoms with Gasteiger partial charge in [0.05, 0.1) is 28.8 Å². The molecule has 1 fully saturated rings. The number of carbonyl (C=O) groups excluding carboxylic acids is 2. The number of imide groups is 1.